The Balaban J connectivity index is 2.65. The molecule has 0 saturated carbocycles. The maximum Gasteiger partial charge on any atom is 0.311 e. The lowest BCUT2D eigenvalue weighted by Crippen LogP contribution is -2.17. The summed E-state index contributed by atoms with van der Waals surface area (Å²) in [5.74, 6) is 0.917. The lowest BCUT2D eigenvalue weighted by atomic mass is 10.0. The molecule has 1 unspecified atom stereocenters. The van der Waals surface area contributed by atoms with Crippen LogP contribution in [0.2, 0.25) is 5.15 Å². The second kappa shape index (κ2) is 7.28. The van der Waals surface area contributed by atoms with Gasteiger partial charge in [0.25, 0.3) is 0 Å². The summed E-state index contributed by atoms with van der Waals surface area (Å²) in [6, 6.07) is 2.93. The Morgan fingerprint density at radius 1 is 1.37 bits per heavy atom. The van der Waals surface area contributed by atoms with Crippen molar-refractivity contribution in [3.8, 4) is 0 Å². The number of nitrogens with one attached hydrogen (secondary N) is 1. The van der Waals surface area contributed by atoms with E-state index in [1.54, 1.807) is 0 Å². The number of pyridine rings is 1. The number of halogens is 1. The maximum absolute atomic E-state index is 10.9. The van der Waals surface area contributed by atoms with Crippen molar-refractivity contribution in [2.24, 2.45) is 5.92 Å². The van der Waals surface area contributed by atoms with Gasteiger partial charge in [0.05, 0.1) is 4.92 Å². The Morgan fingerprint density at radius 3 is 2.63 bits per heavy atom. The largest absolute Gasteiger partial charge is 0.362 e. The lowest BCUT2D eigenvalue weighted by Gasteiger charge is -2.15. The van der Waals surface area contributed by atoms with Gasteiger partial charge in [-0.1, -0.05) is 38.3 Å². The molecule has 0 bridgehead atoms. The Bertz CT molecular complexity index is 438. The summed E-state index contributed by atoms with van der Waals surface area (Å²) >= 11 is 5.78. The summed E-state index contributed by atoms with van der Waals surface area (Å²) in [7, 11) is 0. The topological polar surface area (TPSA) is 68.1 Å². The zero-order chi connectivity index (χ0) is 14.4. The molecule has 0 saturated heterocycles. The Hall–Kier alpha value is -1.36. The van der Waals surface area contributed by atoms with Crippen molar-refractivity contribution in [2.75, 3.05) is 5.32 Å². The third-order valence-corrected chi connectivity index (χ3v) is 3.05. The van der Waals surface area contributed by atoms with E-state index in [1.165, 1.54) is 12.1 Å². The van der Waals surface area contributed by atoms with Crippen molar-refractivity contribution < 1.29 is 4.92 Å². The highest BCUT2D eigenvalue weighted by atomic mass is 35.5. The third kappa shape index (κ3) is 5.42. The van der Waals surface area contributed by atoms with E-state index in [0.717, 1.165) is 19.3 Å². The summed E-state index contributed by atoms with van der Waals surface area (Å²) in [5.41, 5.74) is -0.0416. The van der Waals surface area contributed by atoms with Crippen molar-refractivity contribution in [3.63, 3.8) is 0 Å². The number of hydrogen-bond acceptors (Lipinski definition) is 4. The summed E-state index contributed by atoms with van der Waals surface area (Å²) in [5, 5.41) is 14.2. The van der Waals surface area contributed by atoms with Crippen LogP contribution >= 0.6 is 11.6 Å². The molecular weight excluding hydrogens is 266 g/mol. The first-order valence-corrected chi connectivity index (χ1v) is 6.85. The van der Waals surface area contributed by atoms with Gasteiger partial charge in [0.1, 0.15) is 5.15 Å². The van der Waals surface area contributed by atoms with Crippen LogP contribution in [-0.4, -0.2) is 15.9 Å². The molecule has 106 valence electrons. The quantitative estimate of drug-likeness (QED) is 0.461. The second-order valence-corrected chi connectivity index (χ2v) is 5.52. The van der Waals surface area contributed by atoms with Gasteiger partial charge >= 0.3 is 5.69 Å². The molecule has 0 radical (unpaired) electrons. The van der Waals surface area contributed by atoms with E-state index >= 15 is 0 Å². The monoisotopic (exact) mass is 285 g/mol. The molecule has 0 aliphatic carbocycles. The van der Waals surface area contributed by atoms with Crippen LogP contribution < -0.4 is 5.32 Å². The van der Waals surface area contributed by atoms with Crippen molar-refractivity contribution in [3.05, 3.63) is 27.4 Å². The first-order chi connectivity index (χ1) is 8.90. The first-order valence-electron chi connectivity index (χ1n) is 6.47. The van der Waals surface area contributed by atoms with Crippen LogP contribution in [0.4, 0.5) is 11.5 Å². The van der Waals surface area contributed by atoms with Crippen LogP contribution in [0.5, 0.6) is 0 Å². The molecule has 1 rings (SSSR count). The fourth-order valence-electron chi connectivity index (χ4n) is 1.82. The van der Waals surface area contributed by atoms with Gasteiger partial charge in [-0.05, 0) is 25.3 Å². The smallest absolute Gasteiger partial charge is 0.311 e. The molecule has 1 aromatic rings. The van der Waals surface area contributed by atoms with Crippen molar-refractivity contribution in [1.29, 1.82) is 0 Å². The number of nitro groups is 1. The second-order valence-electron chi connectivity index (χ2n) is 5.13. The van der Waals surface area contributed by atoms with Crippen molar-refractivity contribution >= 4 is 23.1 Å². The molecular formula is C13H20ClN3O2. The minimum absolute atomic E-state index is 0.0416. The average molecular weight is 286 g/mol. The molecule has 0 aliphatic heterocycles. The number of nitrogens with zero attached hydrogens (tertiary/aromatic N) is 2. The molecule has 6 heteroatoms. The van der Waals surface area contributed by atoms with Gasteiger partial charge in [0.15, 0.2) is 0 Å². The van der Waals surface area contributed by atoms with Crippen molar-refractivity contribution in [1.82, 2.24) is 4.98 Å². The van der Waals surface area contributed by atoms with Crippen LogP contribution in [0.15, 0.2) is 12.1 Å². The lowest BCUT2D eigenvalue weighted by molar-refractivity contribution is -0.384. The summed E-state index contributed by atoms with van der Waals surface area (Å²) in [6.45, 7) is 6.36. The van der Waals surface area contributed by atoms with Gasteiger partial charge in [-0.3, -0.25) is 10.1 Å². The van der Waals surface area contributed by atoms with Crippen LogP contribution in [-0.2, 0) is 0 Å². The molecule has 1 aromatic heterocycles. The van der Waals surface area contributed by atoms with E-state index in [0.29, 0.717) is 5.92 Å². The number of anilines is 1. The highest BCUT2D eigenvalue weighted by molar-refractivity contribution is 6.29. The fraction of sp³-hybridized carbons (Fsp3) is 0.615. The average Bonchev–Trinajstić information content (AvgIpc) is 2.27. The molecule has 0 fully saturated rings. The van der Waals surface area contributed by atoms with Crippen LogP contribution in [0.1, 0.15) is 40.0 Å². The first kappa shape index (κ1) is 15.7. The molecule has 0 amide bonds. The molecule has 5 nitrogen and oxygen atoms in total. The van der Waals surface area contributed by atoms with Crippen molar-refractivity contribution in [2.45, 2.75) is 46.1 Å². The molecule has 1 atom stereocenters. The van der Waals surface area contributed by atoms with Crippen LogP contribution in [0, 0.1) is 16.0 Å². The third-order valence-electron chi connectivity index (χ3n) is 2.84. The summed E-state index contributed by atoms with van der Waals surface area (Å²) in [4.78, 5) is 14.4. The molecule has 19 heavy (non-hydrogen) atoms. The van der Waals surface area contributed by atoms with E-state index < -0.39 is 4.92 Å². The zero-order valence-electron chi connectivity index (χ0n) is 11.5. The molecule has 0 aliphatic rings. The standard InChI is InChI=1S/C13H20ClN3O2/c1-9(2)5-4-6-10(3)15-13-11(17(18)19)7-8-12(14)16-13/h7-10H,4-6H2,1-3H3,(H,15,16). The van der Waals surface area contributed by atoms with E-state index in [2.05, 4.69) is 24.1 Å². The van der Waals surface area contributed by atoms with Gasteiger partial charge in [0.2, 0.25) is 5.82 Å². The molecule has 0 spiro atoms. The predicted octanol–water partition coefficient (Wildman–Crippen LogP) is 4.27. The number of rotatable bonds is 7. The van der Waals surface area contributed by atoms with E-state index in [1.807, 2.05) is 6.92 Å². The Kier molecular flexibility index (Phi) is 6.02. The van der Waals surface area contributed by atoms with Crippen LogP contribution in [0.25, 0.3) is 0 Å². The summed E-state index contributed by atoms with van der Waals surface area (Å²) in [6.07, 6.45) is 3.18. The Labute approximate surface area is 118 Å². The van der Waals surface area contributed by atoms with Gasteiger partial charge in [-0.2, -0.15) is 0 Å². The molecule has 0 aromatic carbocycles. The SMILES string of the molecule is CC(C)CCCC(C)Nc1nc(Cl)ccc1[N+](=O)[O-]. The molecule has 1 heterocycles. The normalized spacial score (nSPS) is 12.5. The molecule has 1 N–H and O–H groups in total. The maximum atomic E-state index is 10.9. The minimum atomic E-state index is -0.452. The highest BCUT2D eigenvalue weighted by Crippen LogP contribution is 2.25. The zero-order valence-corrected chi connectivity index (χ0v) is 12.3. The van der Waals surface area contributed by atoms with Gasteiger partial charge in [-0.15, -0.1) is 0 Å². The minimum Gasteiger partial charge on any atom is -0.362 e. The van der Waals surface area contributed by atoms with Gasteiger partial charge < -0.3 is 5.32 Å². The Morgan fingerprint density at radius 2 is 2.05 bits per heavy atom. The summed E-state index contributed by atoms with van der Waals surface area (Å²) < 4.78 is 0. The van der Waals surface area contributed by atoms with Gasteiger partial charge in [-0.25, -0.2) is 4.98 Å². The van der Waals surface area contributed by atoms with E-state index in [4.69, 9.17) is 11.6 Å². The van der Waals surface area contributed by atoms with Crippen LogP contribution in [0.3, 0.4) is 0 Å². The van der Waals surface area contributed by atoms with E-state index in [-0.39, 0.29) is 22.7 Å². The number of aromatic nitrogens is 1. The number of hydrogen-bond donors (Lipinski definition) is 1. The fourth-order valence-corrected chi connectivity index (χ4v) is 1.97. The predicted molar refractivity (Wildman–Crippen MR) is 77.7 cm³/mol. The van der Waals surface area contributed by atoms with Gasteiger partial charge in [0, 0.05) is 12.1 Å². The van der Waals surface area contributed by atoms with E-state index in [9.17, 15) is 10.1 Å². The highest BCUT2D eigenvalue weighted by Gasteiger charge is 2.17.